The molecule has 2 unspecified atom stereocenters. The van der Waals surface area contributed by atoms with Crippen LogP contribution in [0.25, 0.3) is 0 Å². The van der Waals surface area contributed by atoms with Gasteiger partial charge in [-0.3, -0.25) is 4.90 Å². The van der Waals surface area contributed by atoms with Crippen LogP contribution >= 0.6 is 17.0 Å². The minimum absolute atomic E-state index is 0. The van der Waals surface area contributed by atoms with E-state index in [1.54, 1.807) is 6.07 Å². The molecule has 0 amide bonds. The third-order valence-electron chi connectivity index (χ3n) is 3.81. The Labute approximate surface area is 112 Å². The fraction of sp³-hybridized carbons (Fsp3) is 0.538. The van der Waals surface area contributed by atoms with E-state index < -0.39 is 0 Å². The highest BCUT2D eigenvalue weighted by Crippen LogP contribution is 2.42. The highest BCUT2D eigenvalue weighted by atomic mass is 79.9. The molecule has 1 aromatic rings. The van der Waals surface area contributed by atoms with Gasteiger partial charge in [0.25, 0.3) is 0 Å². The topological polar surface area (TPSA) is 32.7 Å². The standard InChI is InChI=1S/C13H17NO2.BrH/c1-2-14-6-7-16-13-9-4-3-5-12(15)10(9)8-11(13)14;/h3-5,11,13,15H,2,6-8H2,1H3;1H. The van der Waals surface area contributed by atoms with E-state index in [1.165, 1.54) is 5.56 Å². The predicted molar refractivity (Wildman–Crippen MR) is 71.9 cm³/mol. The van der Waals surface area contributed by atoms with Crippen molar-refractivity contribution >= 4 is 17.0 Å². The number of likely N-dealkylation sites (N-methyl/N-ethyl adjacent to an activating group) is 1. The van der Waals surface area contributed by atoms with Crippen molar-refractivity contribution in [3.63, 3.8) is 0 Å². The van der Waals surface area contributed by atoms with Gasteiger partial charge in [-0.1, -0.05) is 19.1 Å². The van der Waals surface area contributed by atoms with Gasteiger partial charge in [0.2, 0.25) is 0 Å². The summed E-state index contributed by atoms with van der Waals surface area (Å²) < 4.78 is 5.86. The number of aromatic hydroxyl groups is 1. The molecule has 0 aromatic heterocycles. The van der Waals surface area contributed by atoms with Crippen molar-refractivity contribution in [1.82, 2.24) is 4.90 Å². The minimum Gasteiger partial charge on any atom is -0.508 e. The largest absolute Gasteiger partial charge is 0.508 e. The second-order valence-corrected chi connectivity index (χ2v) is 4.54. The molecule has 1 saturated heterocycles. The highest BCUT2D eigenvalue weighted by molar-refractivity contribution is 8.93. The number of fused-ring (bicyclic) bond motifs is 3. The molecule has 94 valence electrons. The third kappa shape index (κ3) is 1.98. The first-order valence-electron chi connectivity index (χ1n) is 5.97. The molecule has 4 heteroatoms. The van der Waals surface area contributed by atoms with Crippen LogP contribution in [-0.4, -0.2) is 35.7 Å². The molecule has 1 aliphatic heterocycles. The maximum Gasteiger partial charge on any atom is 0.119 e. The maximum absolute atomic E-state index is 9.86. The molecule has 2 atom stereocenters. The van der Waals surface area contributed by atoms with E-state index >= 15 is 0 Å². The number of morpholine rings is 1. The van der Waals surface area contributed by atoms with Gasteiger partial charge in [0.15, 0.2) is 0 Å². The molecule has 1 aliphatic carbocycles. The van der Waals surface area contributed by atoms with E-state index in [2.05, 4.69) is 17.9 Å². The van der Waals surface area contributed by atoms with Gasteiger partial charge in [-0.05, 0) is 24.6 Å². The molecule has 1 aromatic carbocycles. The molecule has 17 heavy (non-hydrogen) atoms. The van der Waals surface area contributed by atoms with Crippen molar-refractivity contribution in [2.24, 2.45) is 0 Å². The first-order valence-corrected chi connectivity index (χ1v) is 5.97. The van der Waals surface area contributed by atoms with Crippen LogP contribution in [0.4, 0.5) is 0 Å². The van der Waals surface area contributed by atoms with Crippen molar-refractivity contribution in [3.8, 4) is 5.75 Å². The number of phenolic OH excluding ortho intramolecular Hbond substituents is 1. The Balaban J connectivity index is 0.00000108. The normalized spacial score (nSPS) is 27.1. The summed E-state index contributed by atoms with van der Waals surface area (Å²) in [6.45, 7) is 5.04. The van der Waals surface area contributed by atoms with Gasteiger partial charge < -0.3 is 9.84 Å². The zero-order valence-electron chi connectivity index (χ0n) is 9.93. The summed E-state index contributed by atoms with van der Waals surface area (Å²) in [4.78, 5) is 2.45. The number of hydrogen-bond acceptors (Lipinski definition) is 3. The smallest absolute Gasteiger partial charge is 0.119 e. The van der Waals surface area contributed by atoms with E-state index in [0.717, 1.165) is 31.7 Å². The lowest BCUT2D eigenvalue weighted by Gasteiger charge is -2.37. The average Bonchev–Trinajstić information content (AvgIpc) is 2.69. The Hall–Kier alpha value is -0.580. The minimum atomic E-state index is 0. The zero-order valence-corrected chi connectivity index (χ0v) is 11.6. The van der Waals surface area contributed by atoms with Gasteiger partial charge in [-0.2, -0.15) is 0 Å². The molecule has 0 radical (unpaired) electrons. The maximum atomic E-state index is 9.86. The van der Waals surface area contributed by atoms with E-state index in [0.29, 0.717) is 11.8 Å². The van der Waals surface area contributed by atoms with Gasteiger partial charge >= 0.3 is 0 Å². The molecule has 1 fully saturated rings. The molecule has 3 rings (SSSR count). The molecular formula is C13H18BrNO2. The predicted octanol–water partition coefficient (Wildman–Crippen LogP) is 2.29. The number of rotatable bonds is 1. The third-order valence-corrected chi connectivity index (χ3v) is 3.81. The molecule has 3 nitrogen and oxygen atoms in total. The summed E-state index contributed by atoms with van der Waals surface area (Å²) in [5.74, 6) is 0.423. The van der Waals surface area contributed by atoms with Crippen LogP contribution in [0.15, 0.2) is 18.2 Å². The lowest BCUT2D eigenvalue weighted by atomic mass is 10.1. The van der Waals surface area contributed by atoms with Crippen LogP contribution in [0.5, 0.6) is 5.75 Å². The van der Waals surface area contributed by atoms with Gasteiger partial charge in [0.1, 0.15) is 5.75 Å². The molecular weight excluding hydrogens is 282 g/mol. The van der Waals surface area contributed by atoms with Crippen LogP contribution in [0.1, 0.15) is 24.2 Å². The Morgan fingerprint density at radius 3 is 3.06 bits per heavy atom. The van der Waals surface area contributed by atoms with Gasteiger partial charge in [-0.25, -0.2) is 0 Å². The first-order chi connectivity index (χ1) is 7.81. The molecule has 0 bridgehead atoms. The van der Waals surface area contributed by atoms with Gasteiger partial charge in [0, 0.05) is 18.2 Å². The Bertz CT molecular complexity index is 410. The summed E-state index contributed by atoms with van der Waals surface area (Å²) in [5, 5.41) is 9.86. The van der Waals surface area contributed by atoms with E-state index in [9.17, 15) is 5.11 Å². The lowest BCUT2D eigenvalue weighted by Crippen LogP contribution is -2.45. The number of hydrogen-bond donors (Lipinski definition) is 1. The van der Waals surface area contributed by atoms with Crippen LogP contribution < -0.4 is 0 Å². The summed E-state index contributed by atoms with van der Waals surface area (Å²) >= 11 is 0. The van der Waals surface area contributed by atoms with E-state index in [4.69, 9.17) is 4.74 Å². The zero-order chi connectivity index (χ0) is 11.1. The fourth-order valence-electron chi connectivity index (χ4n) is 2.98. The highest BCUT2D eigenvalue weighted by Gasteiger charge is 2.40. The van der Waals surface area contributed by atoms with E-state index in [1.807, 2.05) is 6.07 Å². The average molecular weight is 300 g/mol. The SMILES string of the molecule is Br.CCN1CCOC2c3cccc(O)c3CC21. The second-order valence-electron chi connectivity index (χ2n) is 4.54. The van der Waals surface area contributed by atoms with Crippen LogP contribution in [0.3, 0.4) is 0 Å². The number of benzene rings is 1. The number of halogens is 1. The number of nitrogens with zero attached hydrogens (tertiary/aromatic N) is 1. The molecule has 0 spiro atoms. The monoisotopic (exact) mass is 299 g/mol. The number of phenols is 1. The molecule has 1 heterocycles. The van der Waals surface area contributed by atoms with Gasteiger partial charge in [0.05, 0.1) is 12.7 Å². The van der Waals surface area contributed by atoms with Crippen molar-refractivity contribution in [2.75, 3.05) is 19.7 Å². The van der Waals surface area contributed by atoms with Crippen molar-refractivity contribution in [2.45, 2.75) is 25.5 Å². The summed E-state index contributed by atoms with van der Waals surface area (Å²) in [7, 11) is 0. The van der Waals surface area contributed by atoms with Gasteiger partial charge in [-0.15, -0.1) is 17.0 Å². The van der Waals surface area contributed by atoms with Crippen molar-refractivity contribution < 1.29 is 9.84 Å². The quantitative estimate of drug-likeness (QED) is 0.864. The summed E-state index contributed by atoms with van der Waals surface area (Å²) in [6.07, 6.45) is 1.08. The Kier molecular flexibility index (Phi) is 3.76. The first kappa shape index (κ1) is 12.9. The van der Waals surface area contributed by atoms with Crippen molar-refractivity contribution in [1.29, 1.82) is 0 Å². The molecule has 0 saturated carbocycles. The lowest BCUT2D eigenvalue weighted by molar-refractivity contribution is -0.0624. The van der Waals surface area contributed by atoms with Crippen LogP contribution in [-0.2, 0) is 11.2 Å². The van der Waals surface area contributed by atoms with Crippen LogP contribution in [0, 0.1) is 0 Å². The molecule has 1 N–H and O–H groups in total. The Morgan fingerprint density at radius 2 is 2.29 bits per heavy atom. The van der Waals surface area contributed by atoms with Crippen LogP contribution in [0.2, 0.25) is 0 Å². The number of ether oxygens (including phenoxy) is 1. The summed E-state index contributed by atoms with van der Waals surface area (Å²) in [5.41, 5.74) is 2.26. The van der Waals surface area contributed by atoms with E-state index in [-0.39, 0.29) is 23.1 Å². The Morgan fingerprint density at radius 1 is 1.47 bits per heavy atom. The van der Waals surface area contributed by atoms with Crippen molar-refractivity contribution in [3.05, 3.63) is 29.3 Å². The fourth-order valence-corrected chi connectivity index (χ4v) is 2.98. The molecule has 2 aliphatic rings. The second kappa shape index (κ2) is 4.96. The summed E-state index contributed by atoms with van der Waals surface area (Å²) in [6, 6.07) is 6.18.